The van der Waals surface area contributed by atoms with Crippen LogP contribution in [0.2, 0.25) is 0 Å². The summed E-state index contributed by atoms with van der Waals surface area (Å²) in [5.41, 5.74) is 1.90. The molecule has 0 bridgehead atoms. The molecule has 32 heavy (non-hydrogen) atoms. The van der Waals surface area contributed by atoms with Gasteiger partial charge in [0.1, 0.15) is 5.75 Å². The standard InChI is InChI=1S/C25H27N3O3S/c29-25-9-7-19-6-8-20(18-22(19)26-25)31-16-2-1-13-28(30)14-11-27(12-15-28)23-4-3-5-24-21(23)10-17-32-24/h3-10,17-18H,1-2,11-16H2,(H,26,29). The van der Waals surface area contributed by atoms with Crippen LogP contribution in [-0.2, 0) is 0 Å². The highest BCUT2D eigenvalue weighted by Gasteiger charge is 2.26. The van der Waals surface area contributed by atoms with Gasteiger partial charge in [-0.05, 0) is 53.6 Å². The van der Waals surface area contributed by atoms with Crippen molar-refractivity contribution in [2.45, 2.75) is 12.8 Å². The van der Waals surface area contributed by atoms with Gasteiger partial charge >= 0.3 is 0 Å². The van der Waals surface area contributed by atoms with Crippen molar-refractivity contribution in [3.63, 3.8) is 0 Å². The molecule has 5 rings (SSSR count). The lowest BCUT2D eigenvalue weighted by Crippen LogP contribution is -2.56. The average Bonchev–Trinajstić information content (AvgIpc) is 3.28. The predicted octanol–water partition coefficient (Wildman–Crippen LogP) is 4.74. The molecule has 0 spiro atoms. The highest BCUT2D eigenvalue weighted by atomic mass is 32.1. The molecule has 166 valence electrons. The Morgan fingerprint density at radius 1 is 1.06 bits per heavy atom. The topological polar surface area (TPSA) is 68.4 Å². The van der Waals surface area contributed by atoms with Gasteiger partial charge < -0.3 is 24.5 Å². The SMILES string of the molecule is O=c1ccc2ccc(OCCCC[N+]3([O-])CCN(c4cccc5sccc45)CC3)cc2[nH]1. The molecule has 0 radical (unpaired) electrons. The number of rotatable bonds is 7. The first-order valence-electron chi connectivity index (χ1n) is 11.1. The number of nitrogens with zero attached hydrogens (tertiary/aromatic N) is 2. The fourth-order valence-corrected chi connectivity index (χ4v) is 5.27. The molecule has 1 aliphatic heterocycles. The van der Waals surface area contributed by atoms with E-state index in [-0.39, 0.29) is 10.2 Å². The van der Waals surface area contributed by atoms with Crippen molar-refractivity contribution in [2.75, 3.05) is 44.2 Å². The number of hydrogen-bond acceptors (Lipinski definition) is 5. The maximum atomic E-state index is 13.2. The molecule has 0 unspecified atom stereocenters. The molecule has 2 aromatic carbocycles. The van der Waals surface area contributed by atoms with Gasteiger partial charge in [0, 0.05) is 34.3 Å². The molecule has 1 saturated heterocycles. The lowest BCUT2D eigenvalue weighted by atomic mass is 10.1. The van der Waals surface area contributed by atoms with Crippen LogP contribution in [0, 0.1) is 5.21 Å². The summed E-state index contributed by atoms with van der Waals surface area (Å²) in [7, 11) is 0. The first-order valence-corrected chi connectivity index (χ1v) is 12.0. The van der Waals surface area contributed by atoms with E-state index in [1.165, 1.54) is 21.8 Å². The van der Waals surface area contributed by atoms with Crippen molar-refractivity contribution < 1.29 is 9.38 Å². The Hall–Kier alpha value is -2.87. The Kier molecular flexibility index (Phi) is 5.87. The molecule has 7 heteroatoms. The number of ether oxygens (including phenoxy) is 1. The predicted molar refractivity (Wildman–Crippen MR) is 132 cm³/mol. The zero-order chi connectivity index (χ0) is 22.0. The molecule has 0 amide bonds. The van der Waals surface area contributed by atoms with Crippen LogP contribution in [0.1, 0.15) is 12.8 Å². The number of anilines is 1. The molecule has 1 aliphatic rings. The molecule has 0 atom stereocenters. The number of thiophene rings is 1. The van der Waals surface area contributed by atoms with Crippen molar-refractivity contribution in [3.05, 3.63) is 75.5 Å². The van der Waals surface area contributed by atoms with Crippen molar-refractivity contribution in [1.82, 2.24) is 4.98 Å². The van der Waals surface area contributed by atoms with Crippen LogP contribution in [0.5, 0.6) is 5.75 Å². The molecule has 6 nitrogen and oxygen atoms in total. The van der Waals surface area contributed by atoms with Gasteiger partial charge in [-0.2, -0.15) is 0 Å². The Balaban J connectivity index is 1.09. The minimum atomic E-state index is -0.119. The quantitative estimate of drug-likeness (QED) is 0.251. The highest BCUT2D eigenvalue weighted by Crippen LogP contribution is 2.31. The van der Waals surface area contributed by atoms with E-state index < -0.39 is 0 Å². The fourth-order valence-electron chi connectivity index (χ4n) is 4.46. The van der Waals surface area contributed by atoms with Gasteiger partial charge in [0.2, 0.25) is 5.56 Å². The van der Waals surface area contributed by atoms with E-state index in [0.717, 1.165) is 42.6 Å². The third kappa shape index (κ3) is 4.50. The van der Waals surface area contributed by atoms with Gasteiger partial charge in [-0.3, -0.25) is 4.79 Å². The minimum Gasteiger partial charge on any atom is -0.633 e. The largest absolute Gasteiger partial charge is 0.633 e. The molecule has 1 fully saturated rings. The number of piperazine rings is 1. The number of unbranched alkanes of at least 4 members (excludes halogenated alkanes) is 1. The molecule has 3 heterocycles. The van der Waals surface area contributed by atoms with E-state index in [4.69, 9.17) is 4.74 Å². The number of quaternary nitrogens is 1. The Labute approximate surface area is 190 Å². The summed E-state index contributed by atoms with van der Waals surface area (Å²) in [6, 6.07) is 17.6. The van der Waals surface area contributed by atoms with E-state index in [2.05, 4.69) is 39.5 Å². The fraction of sp³-hybridized carbons (Fsp3) is 0.320. The minimum absolute atomic E-state index is 0.118. The van der Waals surface area contributed by atoms with Gasteiger partial charge in [0.15, 0.2) is 0 Å². The number of fused-ring (bicyclic) bond motifs is 2. The summed E-state index contributed by atoms with van der Waals surface area (Å²) in [5.74, 6) is 0.738. The Bertz CT molecular complexity index is 1270. The molecular weight excluding hydrogens is 422 g/mol. The first kappa shape index (κ1) is 21.0. The normalized spacial score (nSPS) is 16.0. The maximum Gasteiger partial charge on any atom is 0.248 e. The van der Waals surface area contributed by atoms with Crippen LogP contribution in [0.15, 0.2) is 64.8 Å². The molecular formula is C25H27N3O3S. The van der Waals surface area contributed by atoms with E-state index >= 15 is 0 Å². The van der Waals surface area contributed by atoms with Gasteiger partial charge in [0.25, 0.3) is 0 Å². The Morgan fingerprint density at radius 3 is 2.78 bits per heavy atom. The highest BCUT2D eigenvalue weighted by molar-refractivity contribution is 7.17. The molecule has 4 aromatic rings. The van der Waals surface area contributed by atoms with E-state index in [1.807, 2.05) is 18.2 Å². The summed E-state index contributed by atoms with van der Waals surface area (Å²) in [6.45, 7) is 4.03. The molecule has 0 aliphatic carbocycles. The average molecular weight is 450 g/mol. The summed E-state index contributed by atoms with van der Waals surface area (Å²) in [4.78, 5) is 16.7. The van der Waals surface area contributed by atoms with Crippen LogP contribution < -0.4 is 15.2 Å². The second-order valence-electron chi connectivity index (χ2n) is 8.45. The summed E-state index contributed by atoms with van der Waals surface area (Å²) < 4.78 is 7.03. The van der Waals surface area contributed by atoms with E-state index in [1.54, 1.807) is 17.4 Å². The van der Waals surface area contributed by atoms with Gasteiger partial charge in [-0.15, -0.1) is 11.3 Å². The Morgan fingerprint density at radius 2 is 1.91 bits per heavy atom. The van der Waals surface area contributed by atoms with Crippen molar-refractivity contribution in [1.29, 1.82) is 0 Å². The van der Waals surface area contributed by atoms with Gasteiger partial charge in [-0.25, -0.2) is 0 Å². The van der Waals surface area contributed by atoms with Crippen LogP contribution in [0.3, 0.4) is 0 Å². The van der Waals surface area contributed by atoms with Gasteiger partial charge in [0.05, 0.1) is 44.8 Å². The van der Waals surface area contributed by atoms with Crippen molar-refractivity contribution >= 4 is 38.0 Å². The van der Waals surface area contributed by atoms with Gasteiger partial charge in [-0.1, -0.05) is 6.07 Å². The number of hydrogen-bond donors (Lipinski definition) is 1. The molecule has 1 N–H and O–H groups in total. The molecule has 2 aromatic heterocycles. The lowest BCUT2D eigenvalue weighted by Gasteiger charge is -2.49. The lowest BCUT2D eigenvalue weighted by molar-refractivity contribution is -0.881. The third-order valence-corrected chi connectivity index (χ3v) is 7.18. The van der Waals surface area contributed by atoms with Crippen molar-refractivity contribution in [2.24, 2.45) is 0 Å². The molecule has 0 saturated carbocycles. The monoisotopic (exact) mass is 449 g/mol. The van der Waals surface area contributed by atoms with Crippen LogP contribution in [0.25, 0.3) is 21.0 Å². The smallest absolute Gasteiger partial charge is 0.248 e. The number of H-pyrrole nitrogens is 1. The van der Waals surface area contributed by atoms with E-state index in [9.17, 15) is 10.0 Å². The number of aromatic nitrogens is 1. The summed E-state index contributed by atoms with van der Waals surface area (Å²) in [5, 5.41) is 17.6. The number of pyridine rings is 1. The number of aromatic amines is 1. The maximum absolute atomic E-state index is 13.2. The number of hydroxylamine groups is 3. The van der Waals surface area contributed by atoms with Crippen molar-refractivity contribution in [3.8, 4) is 5.75 Å². The number of nitrogens with one attached hydrogen (secondary N) is 1. The zero-order valence-electron chi connectivity index (χ0n) is 18.0. The summed E-state index contributed by atoms with van der Waals surface area (Å²) >= 11 is 1.76. The van der Waals surface area contributed by atoms with E-state index in [0.29, 0.717) is 26.2 Å². The zero-order valence-corrected chi connectivity index (χ0v) is 18.8. The first-order chi connectivity index (χ1) is 15.6. The second-order valence-corrected chi connectivity index (χ2v) is 9.40. The third-order valence-electron chi connectivity index (χ3n) is 6.29. The van der Waals surface area contributed by atoms with Crippen LogP contribution >= 0.6 is 11.3 Å². The van der Waals surface area contributed by atoms with Crippen LogP contribution in [0.4, 0.5) is 5.69 Å². The van der Waals surface area contributed by atoms with Crippen LogP contribution in [-0.4, -0.2) is 49.0 Å². The summed E-state index contributed by atoms with van der Waals surface area (Å²) in [6.07, 6.45) is 1.68. The number of benzene rings is 2. The second kappa shape index (κ2) is 8.94.